The van der Waals surface area contributed by atoms with Crippen LogP contribution in [-0.4, -0.2) is 17.8 Å². The van der Waals surface area contributed by atoms with Crippen LogP contribution in [0, 0.1) is 0 Å². The van der Waals surface area contributed by atoms with Gasteiger partial charge in [-0.3, -0.25) is 0 Å². The van der Waals surface area contributed by atoms with E-state index in [4.69, 9.17) is 0 Å². The lowest BCUT2D eigenvalue weighted by atomic mass is 9.96. The highest BCUT2D eigenvalue weighted by atomic mass is 16.3. The molecule has 17 heavy (non-hydrogen) atoms. The van der Waals surface area contributed by atoms with Gasteiger partial charge in [0.05, 0.1) is 6.10 Å². The fourth-order valence-electron chi connectivity index (χ4n) is 2.43. The molecule has 0 aromatic heterocycles. The lowest BCUT2D eigenvalue weighted by Gasteiger charge is -2.24. The van der Waals surface area contributed by atoms with Gasteiger partial charge in [-0.05, 0) is 50.3 Å². The number of aliphatic hydroxyl groups is 1. The highest BCUT2D eigenvalue weighted by Gasteiger charge is 2.13. The Hall–Kier alpha value is -0.860. The summed E-state index contributed by atoms with van der Waals surface area (Å²) in [5, 5.41) is 12.8. The van der Waals surface area contributed by atoms with E-state index >= 15 is 0 Å². The first-order valence-electron chi connectivity index (χ1n) is 6.76. The smallest absolute Gasteiger partial charge is 0.0515 e. The van der Waals surface area contributed by atoms with Gasteiger partial charge in [0.1, 0.15) is 0 Å². The second kappa shape index (κ2) is 6.18. The molecule has 0 amide bonds. The first-order valence-corrected chi connectivity index (χ1v) is 6.76. The number of rotatable bonds is 4. The molecule has 1 aliphatic heterocycles. The third-order valence-electron chi connectivity index (χ3n) is 3.54. The van der Waals surface area contributed by atoms with Crippen LogP contribution in [0.5, 0.6) is 0 Å². The average molecular weight is 233 g/mol. The molecule has 1 aliphatic rings. The molecule has 1 heterocycles. The summed E-state index contributed by atoms with van der Waals surface area (Å²) in [5.74, 6) is 0. The van der Waals surface area contributed by atoms with Gasteiger partial charge in [0.15, 0.2) is 0 Å². The van der Waals surface area contributed by atoms with Crippen molar-refractivity contribution in [2.24, 2.45) is 0 Å². The molecule has 0 radical (unpaired) electrons. The molecule has 2 unspecified atom stereocenters. The van der Waals surface area contributed by atoms with Crippen LogP contribution in [0.15, 0.2) is 24.3 Å². The van der Waals surface area contributed by atoms with Crippen molar-refractivity contribution in [2.45, 2.75) is 51.2 Å². The second-order valence-corrected chi connectivity index (χ2v) is 5.13. The molecule has 2 atom stereocenters. The fourth-order valence-corrected chi connectivity index (χ4v) is 2.43. The molecule has 1 aromatic carbocycles. The molecule has 1 fully saturated rings. The maximum absolute atomic E-state index is 9.26. The van der Waals surface area contributed by atoms with Crippen molar-refractivity contribution in [1.29, 1.82) is 0 Å². The quantitative estimate of drug-likeness (QED) is 0.838. The molecule has 2 nitrogen and oxygen atoms in total. The number of aliphatic hydroxyl groups excluding tert-OH is 1. The Morgan fingerprint density at radius 1 is 1.29 bits per heavy atom. The summed E-state index contributed by atoms with van der Waals surface area (Å²) in [6.07, 6.45) is 5.52. The van der Waals surface area contributed by atoms with Crippen LogP contribution in [0.3, 0.4) is 0 Å². The molecule has 1 aromatic rings. The van der Waals surface area contributed by atoms with E-state index in [1.54, 1.807) is 0 Å². The van der Waals surface area contributed by atoms with E-state index in [0.717, 1.165) is 19.4 Å². The van der Waals surface area contributed by atoms with Crippen molar-refractivity contribution in [3.63, 3.8) is 0 Å². The van der Waals surface area contributed by atoms with Gasteiger partial charge in [-0.15, -0.1) is 0 Å². The van der Waals surface area contributed by atoms with Gasteiger partial charge >= 0.3 is 0 Å². The molecular formula is C15H23NO. The van der Waals surface area contributed by atoms with Crippen molar-refractivity contribution < 1.29 is 5.11 Å². The van der Waals surface area contributed by atoms with Crippen molar-refractivity contribution in [2.75, 3.05) is 6.54 Å². The zero-order chi connectivity index (χ0) is 12.1. The first-order chi connectivity index (χ1) is 8.25. The van der Waals surface area contributed by atoms with Gasteiger partial charge in [0.2, 0.25) is 0 Å². The van der Waals surface area contributed by atoms with Crippen molar-refractivity contribution in [3.05, 3.63) is 35.4 Å². The molecule has 2 rings (SSSR count). The Morgan fingerprint density at radius 3 is 2.65 bits per heavy atom. The van der Waals surface area contributed by atoms with Crippen molar-refractivity contribution in [1.82, 2.24) is 5.32 Å². The Morgan fingerprint density at radius 2 is 2.06 bits per heavy atom. The van der Waals surface area contributed by atoms with E-state index in [9.17, 15) is 5.11 Å². The van der Waals surface area contributed by atoms with E-state index in [2.05, 4.69) is 29.6 Å². The third-order valence-corrected chi connectivity index (χ3v) is 3.54. The number of hydrogen-bond donors (Lipinski definition) is 2. The van der Waals surface area contributed by atoms with E-state index in [-0.39, 0.29) is 6.10 Å². The topological polar surface area (TPSA) is 32.3 Å². The summed E-state index contributed by atoms with van der Waals surface area (Å²) in [7, 11) is 0. The monoisotopic (exact) mass is 233 g/mol. The van der Waals surface area contributed by atoms with E-state index in [1.165, 1.54) is 30.4 Å². The van der Waals surface area contributed by atoms with Crippen LogP contribution in [0.1, 0.15) is 49.8 Å². The highest BCUT2D eigenvalue weighted by Crippen LogP contribution is 2.23. The molecule has 0 spiro atoms. The molecular weight excluding hydrogens is 210 g/mol. The Kier molecular flexibility index (Phi) is 4.57. The predicted molar refractivity (Wildman–Crippen MR) is 71.0 cm³/mol. The van der Waals surface area contributed by atoms with Crippen molar-refractivity contribution in [3.8, 4) is 0 Å². The summed E-state index contributed by atoms with van der Waals surface area (Å²) in [4.78, 5) is 0. The Labute approximate surface area is 104 Å². The second-order valence-electron chi connectivity index (χ2n) is 5.13. The Balaban J connectivity index is 1.92. The number of hydrogen-bond acceptors (Lipinski definition) is 2. The van der Waals surface area contributed by atoms with Gasteiger partial charge in [-0.1, -0.05) is 30.7 Å². The summed E-state index contributed by atoms with van der Waals surface area (Å²) < 4.78 is 0. The number of nitrogens with one attached hydrogen (secondary N) is 1. The van der Waals surface area contributed by atoms with Crippen LogP contribution in [0.4, 0.5) is 0 Å². The maximum atomic E-state index is 9.26. The standard InChI is InChI=1S/C15H23NO/c1-12(17)5-6-13-7-9-14(10-8-13)15-4-2-3-11-16-15/h7-10,12,15-17H,2-6,11H2,1H3. The van der Waals surface area contributed by atoms with Crippen LogP contribution in [-0.2, 0) is 6.42 Å². The zero-order valence-electron chi connectivity index (χ0n) is 10.7. The number of piperidine rings is 1. The third kappa shape index (κ3) is 3.83. The molecule has 0 aliphatic carbocycles. The first kappa shape index (κ1) is 12.6. The predicted octanol–water partition coefficient (Wildman–Crippen LogP) is 2.81. The van der Waals surface area contributed by atoms with Gasteiger partial charge in [0.25, 0.3) is 0 Å². The van der Waals surface area contributed by atoms with Gasteiger partial charge in [-0.25, -0.2) is 0 Å². The molecule has 2 heteroatoms. The van der Waals surface area contributed by atoms with Gasteiger partial charge < -0.3 is 10.4 Å². The minimum atomic E-state index is -0.199. The average Bonchev–Trinajstić information content (AvgIpc) is 2.38. The van der Waals surface area contributed by atoms with Crippen molar-refractivity contribution >= 4 is 0 Å². The normalized spacial score (nSPS) is 22.4. The van der Waals surface area contributed by atoms with E-state index in [0.29, 0.717) is 6.04 Å². The fraction of sp³-hybridized carbons (Fsp3) is 0.600. The Bertz CT molecular complexity index is 325. The zero-order valence-corrected chi connectivity index (χ0v) is 10.7. The maximum Gasteiger partial charge on any atom is 0.0515 e. The van der Waals surface area contributed by atoms with E-state index < -0.39 is 0 Å². The molecule has 0 saturated carbocycles. The molecule has 1 saturated heterocycles. The summed E-state index contributed by atoms with van der Waals surface area (Å²) >= 11 is 0. The lowest BCUT2D eigenvalue weighted by molar-refractivity contribution is 0.185. The SMILES string of the molecule is CC(O)CCc1ccc(C2CCCCN2)cc1. The summed E-state index contributed by atoms with van der Waals surface area (Å²) in [6.45, 7) is 2.99. The number of aryl methyl sites for hydroxylation is 1. The summed E-state index contributed by atoms with van der Waals surface area (Å²) in [6, 6.07) is 9.43. The minimum Gasteiger partial charge on any atom is -0.393 e. The van der Waals surface area contributed by atoms with E-state index in [1.807, 2.05) is 6.92 Å². The van der Waals surface area contributed by atoms with Crippen LogP contribution in [0.2, 0.25) is 0 Å². The molecule has 0 bridgehead atoms. The lowest BCUT2D eigenvalue weighted by Crippen LogP contribution is -2.26. The molecule has 94 valence electrons. The van der Waals surface area contributed by atoms with Crippen LogP contribution >= 0.6 is 0 Å². The van der Waals surface area contributed by atoms with Gasteiger partial charge in [0, 0.05) is 6.04 Å². The van der Waals surface area contributed by atoms with Gasteiger partial charge in [-0.2, -0.15) is 0 Å². The highest BCUT2D eigenvalue weighted by molar-refractivity contribution is 5.25. The van der Waals surface area contributed by atoms with Crippen LogP contribution in [0.25, 0.3) is 0 Å². The summed E-state index contributed by atoms with van der Waals surface area (Å²) in [5.41, 5.74) is 2.73. The number of benzene rings is 1. The minimum absolute atomic E-state index is 0.199. The largest absolute Gasteiger partial charge is 0.393 e. The van der Waals surface area contributed by atoms with Crippen LogP contribution < -0.4 is 5.32 Å². The molecule has 2 N–H and O–H groups in total.